The van der Waals surface area contributed by atoms with E-state index in [1.165, 1.54) is 28.6 Å². The second-order valence-electron chi connectivity index (χ2n) is 8.91. The van der Waals surface area contributed by atoms with Gasteiger partial charge in [-0.15, -0.1) is 0 Å². The minimum absolute atomic E-state index is 0.0432. The summed E-state index contributed by atoms with van der Waals surface area (Å²) in [6.07, 6.45) is 0. The van der Waals surface area contributed by atoms with Crippen molar-refractivity contribution < 1.29 is 27.1 Å². The van der Waals surface area contributed by atoms with Crippen molar-refractivity contribution in [3.63, 3.8) is 0 Å². The molecule has 0 aromatic heterocycles. The molecule has 5 rings (SSSR count). The van der Waals surface area contributed by atoms with Crippen molar-refractivity contribution in [2.24, 2.45) is 0 Å². The van der Waals surface area contributed by atoms with Crippen LogP contribution in [0.15, 0.2) is 77.7 Å². The van der Waals surface area contributed by atoms with Gasteiger partial charge in [-0.3, -0.25) is 4.79 Å². The molecule has 0 aliphatic carbocycles. The number of sulfonamides is 1. The van der Waals surface area contributed by atoms with Crippen LogP contribution in [0.3, 0.4) is 0 Å². The third-order valence-corrected chi connectivity index (χ3v) is 8.28. The van der Waals surface area contributed by atoms with Crippen molar-refractivity contribution in [2.45, 2.75) is 11.4 Å². The maximum Gasteiger partial charge on any atom is 0.243 e. The van der Waals surface area contributed by atoms with Crippen LogP contribution in [0.2, 0.25) is 0 Å². The van der Waals surface area contributed by atoms with Gasteiger partial charge in [0.2, 0.25) is 15.9 Å². The zero-order valence-electron chi connectivity index (χ0n) is 20.3. The first-order chi connectivity index (χ1) is 17.9. The Morgan fingerprint density at radius 2 is 1.54 bits per heavy atom. The fourth-order valence-corrected chi connectivity index (χ4v) is 5.86. The highest BCUT2D eigenvalue weighted by molar-refractivity contribution is 7.89. The van der Waals surface area contributed by atoms with Gasteiger partial charge in [-0.25, -0.2) is 12.8 Å². The van der Waals surface area contributed by atoms with E-state index in [2.05, 4.69) is 4.90 Å². The molecule has 8 nitrogen and oxygen atoms in total. The Hall–Kier alpha value is -3.63. The highest BCUT2D eigenvalue weighted by Crippen LogP contribution is 2.33. The Bertz CT molecular complexity index is 1340. The van der Waals surface area contributed by atoms with Crippen LogP contribution in [0.1, 0.15) is 5.56 Å². The van der Waals surface area contributed by atoms with Crippen LogP contribution in [0.5, 0.6) is 11.5 Å². The number of benzene rings is 3. The quantitative estimate of drug-likeness (QED) is 0.472. The molecule has 0 radical (unpaired) electrons. The van der Waals surface area contributed by atoms with Gasteiger partial charge in [-0.2, -0.15) is 4.31 Å². The summed E-state index contributed by atoms with van der Waals surface area (Å²) in [7, 11) is -4.02. The number of rotatable bonds is 7. The summed E-state index contributed by atoms with van der Waals surface area (Å²) in [4.78, 5) is 17.1. The Morgan fingerprint density at radius 3 is 2.24 bits per heavy atom. The van der Waals surface area contributed by atoms with Crippen LogP contribution in [0, 0.1) is 5.82 Å². The van der Waals surface area contributed by atoms with Crippen LogP contribution in [-0.4, -0.2) is 69.5 Å². The number of carbonyl (C=O) groups is 1. The van der Waals surface area contributed by atoms with Crippen LogP contribution in [0.25, 0.3) is 0 Å². The molecule has 1 fully saturated rings. The molecule has 0 spiro atoms. The van der Waals surface area contributed by atoms with E-state index >= 15 is 0 Å². The molecule has 2 aliphatic heterocycles. The van der Waals surface area contributed by atoms with E-state index in [9.17, 15) is 17.6 Å². The Kier molecular flexibility index (Phi) is 7.29. The van der Waals surface area contributed by atoms with Gasteiger partial charge in [-0.1, -0.05) is 30.3 Å². The first-order valence-electron chi connectivity index (χ1n) is 12.1. The number of ether oxygens (including phenoxy) is 2. The second kappa shape index (κ2) is 10.8. The topological polar surface area (TPSA) is 79.4 Å². The van der Waals surface area contributed by atoms with Crippen LogP contribution >= 0.6 is 0 Å². The van der Waals surface area contributed by atoms with Crippen LogP contribution < -0.4 is 14.4 Å². The third kappa shape index (κ3) is 5.70. The summed E-state index contributed by atoms with van der Waals surface area (Å²) in [5.74, 6) is 0.302. The van der Waals surface area contributed by atoms with Crippen molar-refractivity contribution in [3.05, 3.63) is 84.2 Å². The van der Waals surface area contributed by atoms with Gasteiger partial charge in [-0.05, 0) is 42.0 Å². The average molecular weight is 526 g/mol. The Labute approximate surface area is 215 Å². The standard InChI is InChI=1S/C27H28FN3O5S/c28-22-6-8-23(9-7-22)29-12-14-30(15-13-29)27(32)20-31(19-21-4-2-1-3-5-21)37(33,34)24-10-11-25-26(18-24)36-17-16-35-25/h1-11,18H,12-17,19-20H2. The fourth-order valence-electron chi connectivity index (χ4n) is 4.46. The van der Waals surface area contributed by atoms with Crippen molar-refractivity contribution in [1.29, 1.82) is 0 Å². The molecule has 194 valence electrons. The largest absolute Gasteiger partial charge is 0.486 e. The Balaban J connectivity index is 1.32. The van der Waals surface area contributed by atoms with E-state index < -0.39 is 10.0 Å². The molecular weight excluding hydrogens is 497 g/mol. The number of fused-ring (bicyclic) bond motifs is 1. The maximum atomic E-state index is 13.7. The zero-order valence-corrected chi connectivity index (χ0v) is 21.1. The minimum Gasteiger partial charge on any atom is -0.486 e. The predicted octanol–water partition coefficient (Wildman–Crippen LogP) is 3.14. The lowest BCUT2D eigenvalue weighted by Gasteiger charge is -2.37. The number of piperazine rings is 1. The molecular formula is C27H28FN3O5S. The van der Waals surface area contributed by atoms with E-state index in [0.29, 0.717) is 50.9 Å². The number of hydrogen-bond donors (Lipinski definition) is 0. The Morgan fingerprint density at radius 1 is 0.865 bits per heavy atom. The van der Waals surface area contributed by atoms with Crippen molar-refractivity contribution in [1.82, 2.24) is 9.21 Å². The van der Waals surface area contributed by atoms with Crippen molar-refractivity contribution >= 4 is 21.6 Å². The number of hydrogen-bond acceptors (Lipinski definition) is 6. The lowest BCUT2D eigenvalue weighted by Crippen LogP contribution is -2.51. The monoisotopic (exact) mass is 525 g/mol. The molecule has 0 unspecified atom stereocenters. The molecule has 1 amide bonds. The number of amides is 1. The summed E-state index contributed by atoms with van der Waals surface area (Å²) >= 11 is 0. The predicted molar refractivity (Wildman–Crippen MR) is 137 cm³/mol. The highest BCUT2D eigenvalue weighted by Gasteiger charge is 2.31. The van der Waals surface area contributed by atoms with E-state index in [0.717, 1.165) is 11.3 Å². The van der Waals surface area contributed by atoms with Gasteiger partial charge in [0, 0.05) is 44.5 Å². The van der Waals surface area contributed by atoms with Crippen LogP contribution in [-0.2, 0) is 21.4 Å². The lowest BCUT2D eigenvalue weighted by atomic mass is 10.2. The molecule has 0 bridgehead atoms. The summed E-state index contributed by atoms with van der Waals surface area (Å²) in [6, 6.07) is 20.0. The number of anilines is 1. The number of carbonyl (C=O) groups excluding carboxylic acids is 1. The van der Waals surface area contributed by atoms with E-state index in [4.69, 9.17) is 9.47 Å². The van der Waals surface area contributed by atoms with E-state index in [1.807, 2.05) is 30.3 Å². The lowest BCUT2D eigenvalue weighted by molar-refractivity contribution is -0.131. The van der Waals surface area contributed by atoms with E-state index in [1.54, 1.807) is 23.1 Å². The first kappa shape index (κ1) is 25.0. The minimum atomic E-state index is -4.02. The SMILES string of the molecule is O=C(CN(Cc1ccccc1)S(=O)(=O)c1ccc2c(c1)OCCO2)N1CCN(c2ccc(F)cc2)CC1. The molecule has 1 saturated heterocycles. The van der Waals surface area contributed by atoms with Gasteiger partial charge < -0.3 is 19.3 Å². The fraction of sp³-hybridized carbons (Fsp3) is 0.296. The number of nitrogens with zero attached hydrogens (tertiary/aromatic N) is 3. The van der Waals surface area contributed by atoms with Gasteiger partial charge in [0.1, 0.15) is 19.0 Å². The molecule has 2 aliphatic rings. The zero-order chi connectivity index (χ0) is 25.8. The summed E-state index contributed by atoms with van der Waals surface area (Å²) < 4.78 is 53.0. The molecule has 3 aromatic carbocycles. The molecule has 0 atom stereocenters. The van der Waals surface area contributed by atoms with Crippen molar-refractivity contribution in [3.8, 4) is 11.5 Å². The first-order valence-corrected chi connectivity index (χ1v) is 13.6. The molecule has 0 N–H and O–H groups in total. The van der Waals surface area contributed by atoms with E-state index in [-0.39, 0.29) is 29.7 Å². The smallest absolute Gasteiger partial charge is 0.243 e. The van der Waals surface area contributed by atoms with Crippen LogP contribution in [0.4, 0.5) is 10.1 Å². The molecule has 37 heavy (non-hydrogen) atoms. The molecule has 3 aromatic rings. The van der Waals surface area contributed by atoms with Gasteiger partial charge in [0.25, 0.3) is 0 Å². The molecule has 2 heterocycles. The van der Waals surface area contributed by atoms with Gasteiger partial charge in [0.15, 0.2) is 11.5 Å². The third-order valence-electron chi connectivity index (χ3n) is 6.49. The summed E-state index contributed by atoms with van der Waals surface area (Å²) in [5.41, 5.74) is 1.66. The van der Waals surface area contributed by atoms with Crippen molar-refractivity contribution in [2.75, 3.05) is 50.8 Å². The number of halogens is 1. The normalized spacial score (nSPS) is 15.6. The van der Waals surface area contributed by atoms with Gasteiger partial charge in [0.05, 0.1) is 11.4 Å². The second-order valence-corrected chi connectivity index (χ2v) is 10.8. The molecule has 10 heteroatoms. The summed E-state index contributed by atoms with van der Waals surface area (Å²) in [6.45, 7) is 2.55. The summed E-state index contributed by atoms with van der Waals surface area (Å²) in [5, 5.41) is 0. The maximum absolute atomic E-state index is 13.7. The highest BCUT2D eigenvalue weighted by atomic mass is 32.2. The average Bonchev–Trinajstić information content (AvgIpc) is 2.93. The van der Waals surface area contributed by atoms with Gasteiger partial charge >= 0.3 is 0 Å². The molecule has 0 saturated carbocycles.